The van der Waals surface area contributed by atoms with Crippen LogP contribution in [0.15, 0.2) is 30.3 Å². The molecule has 0 spiro atoms. The topological polar surface area (TPSA) is 45.1 Å². The number of nitrogens with zero attached hydrogens (tertiary/aromatic N) is 3. The summed E-state index contributed by atoms with van der Waals surface area (Å²) >= 11 is 0. The highest BCUT2D eigenvalue weighted by atomic mass is 19.1. The van der Waals surface area contributed by atoms with Gasteiger partial charge in [-0.15, -0.1) is 0 Å². The second-order valence-corrected chi connectivity index (χ2v) is 7.34. The molecule has 6 heteroatoms. The highest BCUT2D eigenvalue weighted by Crippen LogP contribution is 2.24. The van der Waals surface area contributed by atoms with E-state index in [-0.39, 0.29) is 5.82 Å². The van der Waals surface area contributed by atoms with Crippen LogP contribution in [-0.4, -0.2) is 42.5 Å². The first-order chi connectivity index (χ1) is 12.2. The molecule has 0 saturated carbocycles. The van der Waals surface area contributed by atoms with Gasteiger partial charge < -0.3 is 15.5 Å². The van der Waals surface area contributed by atoms with Crippen LogP contribution in [0.1, 0.15) is 12.1 Å². The van der Waals surface area contributed by atoms with Gasteiger partial charge in [0.2, 0.25) is 0 Å². The predicted molar refractivity (Wildman–Crippen MR) is 98.5 cm³/mol. The van der Waals surface area contributed by atoms with Crippen LogP contribution in [0.4, 0.5) is 15.9 Å². The zero-order valence-electron chi connectivity index (χ0n) is 14.7. The van der Waals surface area contributed by atoms with Crippen LogP contribution in [0.2, 0.25) is 0 Å². The molecule has 0 amide bonds. The number of anilines is 2. The summed E-state index contributed by atoms with van der Waals surface area (Å²) in [5.41, 5.74) is 2.20. The van der Waals surface area contributed by atoms with Crippen LogP contribution < -0.4 is 15.5 Å². The Morgan fingerprint density at radius 2 is 2.00 bits per heavy atom. The quantitative estimate of drug-likeness (QED) is 0.876. The molecule has 1 fully saturated rings. The second-order valence-electron chi connectivity index (χ2n) is 7.34. The van der Waals surface area contributed by atoms with Crippen molar-refractivity contribution in [2.45, 2.75) is 19.9 Å². The maximum absolute atomic E-state index is 13.0. The third-order valence-corrected chi connectivity index (χ3v) is 5.25. The lowest BCUT2D eigenvalue weighted by atomic mass is 10.1. The molecule has 0 radical (unpaired) electrons. The molecule has 1 aromatic heterocycles. The summed E-state index contributed by atoms with van der Waals surface area (Å²) in [5, 5.41) is 11.6. The van der Waals surface area contributed by atoms with Crippen molar-refractivity contribution in [1.29, 1.82) is 0 Å². The van der Waals surface area contributed by atoms with Crippen molar-refractivity contribution >= 4 is 11.5 Å². The average Bonchev–Trinajstić information content (AvgIpc) is 3.21. The van der Waals surface area contributed by atoms with Gasteiger partial charge in [-0.1, -0.05) is 0 Å². The van der Waals surface area contributed by atoms with Crippen molar-refractivity contribution in [2.75, 3.05) is 42.9 Å². The summed E-state index contributed by atoms with van der Waals surface area (Å²) in [4.78, 5) is 2.35. The smallest absolute Gasteiger partial charge is 0.124 e. The van der Waals surface area contributed by atoms with E-state index in [4.69, 9.17) is 0 Å². The number of aryl methyl sites for hydroxylation is 1. The van der Waals surface area contributed by atoms with Gasteiger partial charge in [-0.05, 0) is 50.1 Å². The van der Waals surface area contributed by atoms with Crippen molar-refractivity contribution in [3.63, 3.8) is 0 Å². The third kappa shape index (κ3) is 3.79. The number of benzene rings is 1. The molecule has 4 rings (SSSR count). The lowest BCUT2D eigenvalue weighted by Gasteiger charge is -2.25. The minimum absolute atomic E-state index is 0.169. The molecule has 1 aromatic carbocycles. The van der Waals surface area contributed by atoms with E-state index in [0.717, 1.165) is 56.5 Å². The first kappa shape index (κ1) is 16.4. The molecular formula is C19H26FN5. The molecule has 5 nitrogen and oxygen atoms in total. The van der Waals surface area contributed by atoms with Crippen LogP contribution in [0.25, 0.3) is 0 Å². The van der Waals surface area contributed by atoms with Gasteiger partial charge in [0.25, 0.3) is 0 Å². The second kappa shape index (κ2) is 7.04. The summed E-state index contributed by atoms with van der Waals surface area (Å²) < 4.78 is 15.1. The molecule has 0 bridgehead atoms. The standard InChI is InChI=1S/C19H26FN5/c1-14-8-19-22-11-16(13-25(19)23-14)10-21-9-15-6-7-24(12-15)18-4-2-17(20)3-5-18/h2-5,8,15-16,21-22H,6-7,9-13H2,1H3/t15-,16+/m0/s1. The van der Waals surface area contributed by atoms with E-state index < -0.39 is 0 Å². The number of hydrogen-bond acceptors (Lipinski definition) is 4. The summed E-state index contributed by atoms with van der Waals surface area (Å²) in [6.07, 6.45) is 1.19. The van der Waals surface area contributed by atoms with Crippen molar-refractivity contribution in [3.8, 4) is 0 Å². The number of hydrogen-bond donors (Lipinski definition) is 2. The van der Waals surface area contributed by atoms with E-state index in [1.807, 2.05) is 19.1 Å². The molecule has 25 heavy (non-hydrogen) atoms. The molecular weight excluding hydrogens is 317 g/mol. The van der Waals surface area contributed by atoms with Crippen LogP contribution in [0, 0.1) is 24.6 Å². The molecule has 1 saturated heterocycles. The van der Waals surface area contributed by atoms with Crippen molar-refractivity contribution in [3.05, 3.63) is 41.8 Å². The van der Waals surface area contributed by atoms with Gasteiger partial charge >= 0.3 is 0 Å². The Morgan fingerprint density at radius 3 is 2.84 bits per heavy atom. The number of rotatable bonds is 5. The van der Waals surface area contributed by atoms with E-state index in [0.29, 0.717) is 11.8 Å². The normalized spacial score (nSPS) is 22.7. The predicted octanol–water partition coefficient (Wildman–Crippen LogP) is 2.49. The summed E-state index contributed by atoms with van der Waals surface area (Å²) in [7, 11) is 0. The van der Waals surface area contributed by atoms with Crippen LogP contribution in [0.3, 0.4) is 0 Å². The van der Waals surface area contributed by atoms with Gasteiger partial charge in [0.05, 0.1) is 5.69 Å². The van der Waals surface area contributed by atoms with Crippen molar-refractivity contribution in [1.82, 2.24) is 15.1 Å². The fourth-order valence-corrected chi connectivity index (χ4v) is 3.90. The fourth-order valence-electron chi connectivity index (χ4n) is 3.90. The first-order valence-corrected chi connectivity index (χ1v) is 9.17. The number of aromatic nitrogens is 2. The fraction of sp³-hybridized carbons (Fsp3) is 0.526. The molecule has 2 N–H and O–H groups in total. The molecule has 134 valence electrons. The molecule has 2 aliphatic rings. The van der Waals surface area contributed by atoms with Crippen LogP contribution >= 0.6 is 0 Å². The van der Waals surface area contributed by atoms with Gasteiger partial charge in [0, 0.05) is 50.4 Å². The Kier molecular flexibility index (Phi) is 4.61. The van der Waals surface area contributed by atoms with Gasteiger partial charge in [-0.3, -0.25) is 0 Å². The summed E-state index contributed by atoms with van der Waals surface area (Å²) in [6.45, 7) is 8.17. The zero-order valence-corrected chi connectivity index (χ0v) is 14.7. The Bertz CT molecular complexity index is 711. The molecule has 2 aromatic rings. The molecule has 0 unspecified atom stereocenters. The van der Waals surface area contributed by atoms with Gasteiger partial charge in [0.15, 0.2) is 0 Å². The molecule has 2 atom stereocenters. The number of halogens is 1. The third-order valence-electron chi connectivity index (χ3n) is 5.25. The van der Waals surface area contributed by atoms with E-state index in [1.54, 1.807) is 12.1 Å². The lowest BCUT2D eigenvalue weighted by molar-refractivity contribution is 0.378. The average molecular weight is 343 g/mol. The van der Waals surface area contributed by atoms with E-state index >= 15 is 0 Å². The molecule has 2 aliphatic heterocycles. The van der Waals surface area contributed by atoms with E-state index in [9.17, 15) is 4.39 Å². The number of nitrogens with one attached hydrogen (secondary N) is 2. The number of fused-ring (bicyclic) bond motifs is 1. The van der Waals surface area contributed by atoms with Crippen LogP contribution in [-0.2, 0) is 6.54 Å². The Balaban J connectivity index is 1.21. The highest BCUT2D eigenvalue weighted by Gasteiger charge is 2.23. The Morgan fingerprint density at radius 1 is 1.20 bits per heavy atom. The van der Waals surface area contributed by atoms with E-state index in [1.165, 1.54) is 6.42 Å². The van der Waals surface area contributed by atoms with Gasteiger partial charge in [-0.2, -0.15) is 5.10 Å². The zero-order chi connectivity index (χ0) is 17.2. The highest BCUT2D eigenvalue weighted by molar-refractivity contribution is 5.47. The molecule has 3 heterocycles. The molecule has 0 aliphatic carbocycles. The summed E-state index contributed by atoms with van der Waals surface area (Å²) in [5.74, 6) is 2.20. The van der Waals surface area contributed by atoms with Crippen molar-refractivity contribution < 1.29 is 4.39 Å². The first-order valence-electron chi connectivity index (χ1n) is 9.17. The summed E-state index contributed by atoms with van der Waals surface area (Å²) in [6, 6.07) is 8.95. The van der Waals surface area contributed by atoms with Gasteiger partial charge in [-0.25, -0.2) is 9.07 Å². The largest absolute Gasteiger partial charge is 0.371 e. The monoisotopic (exact) mass is 343 g/mol. The maximum Gasteiger partial charge on any atom is 0.124 e. The Labute approximate surface area is 148 Å². The minimum atomic E-state index is -0.169. The van der Waals surface area contributed by atoms with E-state index in [2.05, 4.69) is 31.4 Å². The lowest BCUT2D eigenvalue weighted by Crippen LogP contribution is -2.37. The van der Waals surface area contributed by atoms with Gasteiger partial charge in [0.1, 0.15) is 11.6 Å². The maximum atomic E-state index is 13.0. The van der Waals surface area contributed by atoms with Crippen LogP contribution in [0.5, 0.6) is 0 Å². The minimum Gasteiger partial charge on any atom is -0.371 e. The Hall–Kier alpha value is -2.08. The SMILES string of the molecule is Cc1cc2n(n1)C[C@H](CNC[C@@H]1CCN(c3ccc(F)cc3)C1)CN2. The van der Waals surface area contributed by atoms with Crippen molar-refractivity contribution in [2.24, 2.45) is 11.8 Å².